The molecule has 2 aliphatic heterocycles. The predicted octanol–water partition coefficient (Wildman–Crippen LogP) is 5.32. The van der Waals surface area contributed by atoms with Gasteiger partial charge in [0.25, 0.3) is 5.91 Å². The molecule has 1 aromatic heterocycles. The number of carboxylic acid groups (broad SMARTS) is 1. The molecule has 11 heteroatoms. The van der Waals surface area contributed by atoms with E-state index in [0.717, 1.165) is 36.2 Å². The summed E-state index contributed by atoms with van der Waals surface area (Å²) >= 11 is 0. The number of ether oxygens (including phenoxy) is 2. The standard InChI is InChI=1S/C31H38F3N3O5/c1-30(2,3)23-25(36-16-18-11-12-19(31(32,33)34)15-22(18)41-4)26(20-7-5-13-35-24(20)17-9-10-17)37(27(23)29(39)40)28(38)21-8-6-14-42-21/h5,7,11-13,15,17,21,23,25-27,36H,6,8-10,14,16H2,1-4H3,(H,39,40)/t21-,23-,25-,26-,27-/m0/s1. The maximum Gasteiger partial charge on any atom is 0.416 e. The van der Waals surface area contributed by atoms with Crippen molar-refractivity contribution in [1.82, 2.24) is 15.2 Å². The number of aliphatic carboxylic acids is 1. The summed E-state index contributed by atoms with van der Waals surface area (Å²) in [7, 11) is 1.31. The Morgan fingerprint density at radius 2 is 1.90 bits per heavy atom. The number of methoxy groups -OCH3 is 1. The number of carboxylic acids is 1. The Morgan fingerprint density at radius 1 is 1.17 bits per heavy atom. The van der Waals surface area contributed by atoms with Crippen LogP contribution in [0.25, 0.3) is 0 Å². The molecule has 0 spiro atoms. The predicted molar refractivity (Wildman–Crippen MR) is 148 cm³/mol. The highest BCUT2D eigenvalue weighted by molar-refractivity contribution is 5.88. The average Bonchev–Trinajstić information content (AvgIpc) is 3.50. The number of aromatic nitrogens is 1. The van der Waals surface area contributed by atoms with Gasteiger partial charge >= 0.3 is 12.1 Å². The van der Waals surface area contributed by atoms with Crippen molar-refractivity contribution in [1.29, 1.82) is 0 Å². The molecule has 2 aromatic rings. The Morgan fingerprint density at radius 3 is 2.48 bits per heavy atom. The highest BCUT2D eigenvalue weighted by Crippen LogP contribution is 2.51. The highest BCUT2D eigenvalue weighted by atomic mass is 19.4. The molecular formula is C31H38F3N3O5. The molecule has 2 N–H and O–H groups in total. The van der Waals surface area contributed by atoms with Gasteiger partial charge in [-0.05, 0) is 54.9 Å². The van der Waals surface area contributed by atoms with Crippen LogP contribution in [0.3, 0.4) is 0 Å². The zero-order valence-electron chi connectivity index (χ0n) is 24.3. The lowest BCUT2D eigenvalue weighted by atomic mass is 9.72. The first-order chi connectivity index (χ1) is 19.8. The van der Waals surface area contributed by atoms with Gasteiger partial charge in [0.1, 0.15) is 17.9 Å². The third-order valence-electron chi connectivity index (χ3n) is 8.68. The van der Waals surface area contributed by atoms with E-state index in [-0.39, 0.29) is 24.1 Å². The Bertz CT molecular complexity index is 1320. The van der Waals surface area contributed by atoms with Gasteiger partial charge in [0.05, 0.1) is 18.7 Å². The van der Waals surface area contributed by atoms with E-state index in [0.29, 0.717) is 25.0 Å². The number of nitrogens with one attached hydrogen (secondary N) is 1. The van der Waals surface area contributed by atoms with Gasteiger partial charge in [-0.1, -0.05) is 32.9 Å². The van der Waals surface area contributed by atoms with Crippen LogP contribution in [0.2, 0.25) is 0 Å². The molecule has 0 radical (unpaired) electrons. The van der Waals surface area contributed by atoms with Crippen LogP contribution in [0.1, 0.15) is 80.8 Å². The van der Waals surface area contributed by atoms with Crippen molar-refractivity contribution in [3.63, 3.8) is 0 Å². The van der Waals surface area contributed by atoms with Crippen molar-refractivity contribution in [2.45, 2.75) is 89.3 Å². The van der Waals surface area contributed by atoms with E-state index in [1.807, 2.05) is 26.8 Å². The largest absolute Gasteiger partial charge is 0.496 e. The lowest BCUT2D eigenvalue weighted by Gasteiger charge is -2.35. The van der Waals surface area contributed by atoms with Crippen LogP contribution in [0.4, 0.5) is 13.2 Å². The molecule has 3 heterocycles. The number of hydrogen-bond donors (Lipinski definition) is 2. The number of amides is 1. The minimum absolute atomic E-state index is 0.0706. The fraction of sp³-hybridized carbons (Fsp3) is 0.581. The fourth-order valence-electron chi connectivity index (χ4n) is 6.66. The molecule has 3 fully saturated rings. The number of carbonyl (C=O) groups excluding carboxylic acids is 1. The summed E-state index contributed by atoms with van der Waals surface area (Å²) in [5, 5.41) is 14.1. The van der Waals surface area contributed by atoms with E-state index in [1.165, 1.54) is 18.1 Å². The quantitative estimate of drug-likeness (QED) is 0.430. The summed E-state index contributed by atoms with van der Waals surface area (Å²) in [5.41, 5.74) is 0.738. The van der Waals surface area contributed by atoms with Crippen LogP contribution in [0.5, 0.6) is 5.75 Å². The maximum absolute atomic E-state index is 14.1. The first-order valence-electron chi connectivity index (χ1n) is 14.4. The Kier molecular flexibility index (Phi) is 8.28. The van der Waals surface area contributed by atoms with Crippen LogP contribution in [0, 0.1) is 11.3 Å². The van der Waals surface area contributed by atoms with Crippen molar-refractivity contribution < 1.29 is 37.3 Å². The average molecular weight is 590 g/mol. The number of rotatable bonds is 8. The zero-order chi connectivity index (χ0) is 30.4. The number of alkyl halides is 3. The van der Waals surface area contributed by atoms with Gasteiger partial charge in [-0.15, -0.1) is 0 Å². The van der Waals surface area contributed by atoms with Gasteiger partial charge in [-0.3, -0.25) is 9.78 Å². The second-order valence-corrected chi connectivity index (χ2v) is 12.6. The molecule has 42 heavy (non-hydrogen) atoms. The lowest BCUT2D eigenvalue weighted by Crippen LogP contribution is -2.50. The van der Waals surface area contributed by atoms with Crippen LogP contribution >= 0.6 is 0 Å². The number of likely N-dealkylation sites (tertiary alicyclic amines) is 1. The minimum Gasteiger partial charge on any atom is -0.496 e. The Balaban J connectivity index is 1.61. The number of hydrogen-bond acceptors (Lipinski definition) is 6. The van der Waals surface area contributed by atoms with Crippen LogP contribution in [-0.4, -0.2) is 58.8 Å². The van der Waals surface area contributed by atoms with Gasteiger partial charge in [0.15, 0.2) is 0 Å². The Labute approximate surface area is 243 Å². The molecule has 5 rings (SSSR count). The van der Waals surface area contributed by atoms with Gasteiger partial charge in [-0.25, -0.2) is 4.79 Å². The first kappa shape index (κ1) is 30.3. The lowest BCUT2D eigenvalue weighted by molar-refractivity contribution is -0.156. The monoisotopic (exact) mass is 589 g/mol. The zero-order valence-corrected chi connectivity index (χ0v) is 24.3. The van der Waals surface area contributed by atoms with E-state index in [9.17, 15) is 27.9 Å². The second kappa shape index (κ2) is 11.5. The molecule has 0 bridgehead atoms. The maximum atomic E-state index is 14.1. The molecule has 0 unspecified atom stereocenters. The van der Waals surface area contributed by atoms with Crippen LogP contribution < -0.4 is 10.1 Å². The number of halogens is 3. The molecule has 1 aromatic carbocycles. The summed E-state index contributed by atoms with van der Waals surface area (Å²) in [4.78, 5) is 33.3. The van der Waals surface area contributed by atoms with Crippen molar-refractivity contribution in [2.75, 3.05) is 13.7 Å². The van der Waals surface area contributed by atoms with Crippen molar-refractivity contribution in [3.8, 4) is 5.75 Å². The number of pyridine rings is 1. The third-order valence-corrected chi connectivity index (χ3v) is 8.68. The summed E-state index contributed by atoms with van der Waals surface area (Å²) in [6, 6.07) is 4.64. The first-order valence-corrected chi connectivity index (χ1v) is 14.4. The minimum atomic E-state index is -4.52. The normalized spacial score (nSPS) is 26.5. The summed E-state index contributed by atoms with van der Waals surface area (Å²) in [6.07, 6.45) is -0.397. The van der Waals surface area contributed by atoms with E-state index < -0.39 is 53.3 Å². The van der Waals surface area contributed by atoms with E-state index in [4.69, 9.17) is 9.47 Å². The fourth-order valence-corrected chi connectivity index (χ4v) is 6.66. The summed E-state index contributed by atoms with van der Waals surface area (Å²) in [5.74, 6) is -1.73. The molecule has 5 atom stereocenters. The summed E-state index contributed by atoms with van der Waals surface area (Å²) < 4.78 is 51.2. The van der Waals surface area contributed by atoms with Crippen molar-refractivity contribution in [2.24, 2.45) is 11.3 Å². The van der Waals surface area contributed by atoms with E-state index >= 15 is 0 Å². The molecule has 228 valence electrons. The van der Waals surface area contributed by atoms with Gasteiger partial charge in [0, 0.05) is 48.5 Å². The molecule has 8 nitrogen and oxygen atoms in total. The third kappa shape index (κ3) is 5.86. The van der Waals surface area contributed by atoms with Crippen LogP contribution in [-0.2, 0) is 27.0 Å². The van der Waals surface area contributed by atoms with Crippen molar-refractivity contribution in [3.05, 3.63) is 58.9 Å². The van der Waals surface area contributed by atoms with E-state index in [1.54, 1.807) is 12.3 Å². The van der Waals surface area contributed by atoms with E-state index in [2.05, 4.69) is 10.3 Å². The van der Waals surface area contributed by atoms with Gasteiger partial charge in [-0.2, -0.15) is 13.2 Å². The molecule has 1 amide bonds. The number of benzene rings is 1. The highest BCUT2D eigenvalue weighted by Gasteiger charge is 2.59. The summed E-state index contributed by atoms with van der Waals surface area (Å²) in [6.45, 7) is 6.38. The number of nitrogens with zero attached hydrogens (tertiary/aromatic N) is 2. The van der Waals surface area contributed by atoms with Crippen molar-refractivity contribution >= 4 is 11.9 Å². The number of carbonyl (C=O) groups is 2. The van der Waals surface area contributed by atoms with Crippen LogP contribution in [0.15, 0.2) is 36.5 Å². The van der Waals surface area contributed by atoms with Gasteiger partial charge < -0.3 is 24.8 Å². The smallest absolute Gasteiger partial charge is 0.416 e. The second-order valence-electron chi connectivity index (χ2n) is 12.6. The molecule has 3 aliphatic rings. The molecule has 2 saturated heterocycles. The molecular weight excluding hydrogens is 551 g/mol. The Hall–Kier alpha value is -3.18. The molecule has 1 aliphatic carbocycles. The topological polar surface area (TPSA) is 101 Å². The molecule has 1 saturated carbocycles. The van der Waals surface area contributed by atoms with Gasteiger partial charge in [0.2, 0.25) is 0 Å². The SMILES string of the molecule is COc1cc(C(F)(F)F)ccc1CN[C@H]1[C@H](C(C)(C)C)[C@@H](C(=O)O)N(C(=O)[C@@H]2CCCO2)[C@H]1c1cccnc1C1CC1.